The third-order valence-corrected chi connectivity index (χ3v) is 3.60. The zero-order valence-electron chi connectivity index (χ0n) is 10.7. The molecule has 1 amide bonds. The molecule has 0 unspecified atom stereocenters. The maximum absolute atomic E-state index is 11.4. The van der Waals surface area contributed by atoms with Crippen LogP contribution in [0.4, 0.5) is 0 Å². The largest absolute Gasteiger partial charge is 0.349 e. The first-order valence-corrected chi connectivity index (χ1v) is 6.31. The van der Waals surface area contributed by atoms with Gasteiger partial charge in [-0.3, -0.25) is 9.48 Å². The molecule has 1 N–H and O–H groups in total. The van der Waals surface area contributed by atoms with Crippen LogP contribution in [0.25, 0.3) is 0 Å². The maximum Gasteiger partial charge on any atom is 0.223 e. The van der Waals surface area contributed by atoms with Gasteiger partial charge in [0.05, 0.1) is 15.9 Å². The minimum absolute atomic E-state index is 0.137. The third-order valence-electron chi connectivity index (χ3n) is 2.57. The van der Waals surface area contributed by atoms with Crippen molar-refractivity contribution in [1.29, 1.82) is 0 Å². The Kier molecular flexibility index (Phi) is 5.14. The number of carbonyl (C=O) groups is 1. The minimum atomic E-state index is 0.137. The van der Waals surface area contributed by atoms with E-state index < -0.39 is 0 Å². The molecular formula is C11H19BrN4O. The number of amides is 1. The van der Waals surface area contributed by atoms with E-state index in [1.165, 1.54) is 0 Å². The van der Waals surface area contributed by atoms with Crippen molar-refractivity contribution in [3.63, 3.8) is 0 Å². The van der Waals surface area contributed by atoms with Gasteiger partial charge in [-0.2, -0.15) is 5.10 Å². The third kappa shape index (κ3) is 3.81. The monoisotopic (exact) mass is 302 g/mol. The molecule has 0 spiro atoms. The fraction of sp³-hybridized carbons (Fsp3) is 0.636. The van der Waals surface area contributed by atoms with Crippen LogP contribution in [0.5, 0.6) is 0 Å². The molecule has 0 atom stereocenters. The summed E-state index contributed by atoms with van der Waals surface area (Å²) >= 11 is 3.51. The van der Waals surface area contributed by atoms with E-state index in [-0.39, 0.29) is 5.91 Å². The topological polar surface area (TPSA) is 50.2 Å². The van der Waals surface area contributed by atoms with Crippen molar-refractivity contribution < 1.29 is 4.79 Å². The fourth-order valence-electron chi connectivity index (χ4n) is 1.50. The van der Waals surface area contributed by atoms with Crippen molar-refractivity contribution in [2.75, 3.05) is 20.6 Å². The zero-order chi connectivity index (χ0) is 13.0. The van der Waals surface area contributed by atoms with Crippen LogP contribution < -0.4 is 5.32 Å². The summed E-state index contributed by atoms with van der Waals surface area (Å²) in [5.41, 5.74) is 2.08. The molecule has 0 bridgehead atoms. The summed E-state index contributed by atoms with van der Waals surface area (Å²) in [6, 6.07) is 0. The van der Waals surface area contributed by atoms with Crippen LogP contribution in [0.15, 0.2) is 4.47 Å². The van der Waals surface area contributed by atoms with Gasteiger partial charge in [-0.15, -0.1) is 0 Å². The Morgan fingerprint density at radius 3 is 2.65 bits per heavy atom. The van der Waals surface area contributed by atoms with Crippen molar-refractivity contribution in [3.05, 3.63) is 15.9 Å². The van der Waals surface area contributed by atoms with Crippen LogP contribution in [0, 0.1) is 6.92 Å². The molecular weight excluding hydrogens is 284 g/mol. The van der Waals surface area contributed by atoms with E-state index in [0.29, 0.717) is 19.5 Å². The normalized spacial score (nSPS) is 10.6. The van der Waals surface area contributed by atoms with Gasteiger partial charge in [0.1, 0.15) is 0 Å². The molecule has 1 heterocycles. The Balaban J connectivity index is 2.39. The highest BCUT2D eigenvalue weighted by Gasteiger charge is 2.10. The number of hydrogen-bond donors (Lipinski definition) is 1. The first-order chi connectivity index (χ1) is 7.93. The Morgan fingerprint density at radius 2 is 2.18 bits per heavy atom. The molecule has 5 nitrogen and oxygen atoms in total. The molecule has 6 heteroatoms. The van der Waals surface area contributed by atoms with Gasteiger partial charge in [-0.1, -0.05) is 0 Å². The number of carbonyl (C=O) groups excluding carboxylic acids is 1. The fourth-order valence-corrected chi connectivity index (χ4v) is 1.97. The number of hydrogen-bond acceptors (Lipinski definition) is 3. The molecule has 1 aromatic rings. The minimum Gasteiger partial charge on any atom is -0.349 e. The predicted molar refractivity (Wildman–Crippen MR) is 70.7 cm³/mol. The van der Waals surface area contributed by atoms with Crippen molar-refractivity contribution in [2.45, 2.75) is 19.9 Å². The van der Waals surface area contributed by atoms with Crippen LogP contribution in [0.2, 0.25) is 0 Å². The van der Waals surface area contributed by atoms with E-state index in [1.54, 1.807) is 19.0 Å². The number of nitrogens with one attached hydrogen (secondary N) is 1. The van der Waals surface area contributed by atoms with E-state index >= 15 is 0 Å². The SMILES string of the molecule is Cc1nn(C)c(CNCCC(=O)N(C)C)c1Br. The summed E-state index contributed by atoms with van der Waals surface area (Å²) in [6.45, 7) is 3.34. The maximum atomic E-state index is 11.4. The van der Waals surface area contributed by atoms with E-state index in [1.807, 2.05) is 18.7 Å². The van der Waals surface area contributed by atoms with Gasteiger partial charge in [-0.25, -0.2) is 0 Å². The van der Waals surface area contributed by atoms with Gasteiger partial charge >= 0.3 is 0 Å². The molecule has 0 fully saturated rings. The molecule has 96 valence electrons. The molecule has 1 aromatic heterocycles. The Labute approximate surface area is 110 Å². The van der Waals surface area contributed by atoms with Crippen LogP contribution in [0.3, 0.4) is 0 Å². The number of aryl methyl sites for hydroxylation is 2. The van der Waals surface area contributed by atoms with Crippen LogP contribution >= 0.6 is 15.9 Å². The number of aromatic nitrogens is 2. The van der Waals surface area contributed by atoms with Gasteiger partial charge in [0.2, 0.25) is 5.91 Å². The molecule has 0 aliphatic heterocycles. The molecule has 0 saturated heterocycles. The van der Waals surface area contributed by atoms with Crippen molar-refractivity contribution in [1.82, 2.24) is 20.0 Å². The number of nitrogens with zero attached hydrogens (tertiary/aromatic N) is 3. The lowest BCUT2D eigenvalue weighted by Crippen LogP contribution is -2.27. The highest BCUT2D eigenvalue weighted by molar-refractivity contribution is 9.10. The first-order valence-electron chi connectivity index (χ1n) is 5.52. The number of rotatable bonds is 5. The predicted octanol–water partition coefficient (Wildman–Crippen LogP) is 1.06. The van der Waals surface area contributed by atoms with Crippen LogP contribution in [0.1, 0.15) is 17.8 Å². The van der Waals surface area contributed by atoms with E-state index in [0.717, 1.165) is 15.9 Å². The average Bonchev–Trinajstić information content (AvgIpc) is 2.49. The van der Waals surface area contributed by atoms with Crippen LogP contribution in [-0.4, -0.2) is 41.2 Å². The number of halogens is 1. The Hall–Kier alpha value is -0.880. The summed E-state index contributed by atoms with van der Waals surface area (Å²) in [5, 5.41) is 7.55. The lowest BCUT2D eigenvalue weighted by atomic mass is 10.3. The van der Waals surface area contributed by atoms with Crippen LogP contribution in [-0.2, 0) is 18.4 Å². The zero-order valence-corrected chi connectivity index (χ0v) is 12.3. The molecule has 0 aliphatic rings. The first kappa shape index (κ1) is 14.2. The molecule has 1 rings (SSSR count). The average molecular weight is 303 g/mol. The highest BCUT2D eigenvalue weighted by atomic mass is 79.9. The van der Waals surface area contributed by atoms with Gasteiger partial charge in [-0.05, 0) is 22.9 Å². The molecule has 0 saturated carbocycles. The lowest BCUT2D eigenvalue weighted by Gasteiger charge is -2.10. The van der Waals surface area contributed by atoms with Gasteiger partial charge in [0.15, 0.2) is 0 Å². The summed E-state index contributed by atoms with van der Waals surface area (Å²) in [5.74, 6) is 0.137. The van der Waals surface area contributed by atoms with Gasteiger partial charge in [0.25, 0.3) is 0 Å². The second-order valence-electron chi connectivity index (χ2n) is 4.18. The van der Waals surface area contributed by atoms with Crippen molar-refractivity contribution in [2.24, 2.45) is 7.05 Å². The second kappa shape index (κ2) is 6.16. The lowest BCUT2D eigenvalue weighted by molar-refractivity contribution is -0.128. The standard InChI is InChI=1S/C11H19BrN4O/c1-8-11(12)9(16(4)14-8)7-13-6-5-10(17)15(2)3/h13H,5-7H2,1-4H3. The molecule has 0 radical (unpaired) electrons. The summed E-state index contributed by atoms with van der Waals surface area (Å²) in [4.78, 5) is 13.0. The van der Waals surface area contributed by atoms with E-state index in [4.69, 9.17) is 0 Å². The molecule has 17 heavy (non-hydrogen) atoms. The quantitative estimate of drug-likeness (QED) is 0.828. The molecule has 0 aromatic carbocycles. The van der Waals surface area contributed by atoms with Gasteiger partial charge < -0.3 is 10.2 Å². The van der Waals surface area contributed by atoms with Crippen molar-refractivity contribution in [3.8, 4) is 0 Å². The summed E-state index contributed by atoms with van der Waals surface area (Å²) in [7, 11) is 5.45. The van der Waals surface area contributed by atoms with Gasteiger partial charge in [0, 0.05) is 40.7 Å². The molecule has 0 aliphatic carbocycles. The highest BCUT2D eigenvalue weighted by Crippen LogP contribution is 2.19. The Morgan fingerprint density at radius 1 is 1.53 bits per heavy atom. The summed E-state index contributed by atoms with van der Waals surface area (Å²) in [6.07, 6.45) is 0.515. The summed E-state index contributed by atoms with van der Waals surface area (Å²) < 4.78 is 2.88. The Bertz CT molecular complexity index is 400. The smallest absolute Gasteiger partial charge is 0.223 e. The van der Waals surface area contributed by atoms with E-state index in [2.05, 4.69) is 26.3 Å². The van der Waals surface area contributed by atoms with Crippen molar-refractivity contribution >= 4 is 21.8 Å². The second-order valence-corrected chi connectivity index (χ2v) is 4.98. The van der Waals surface area contributed by atoms with E-state index in [9.17, 15) is 4.79 Å².